The highest BCUT2D eigenvalue weighted by molar-refractivity contribution is 6.02. The quantitative estimate of drug-likeness (QED) is 0.460. The van der Waals surface area contributed by atoms with Gasteiger partial charge in [-0.1, -0.05) is 29.8 Å². The van der Waals surface area contributed by atoms with Crippen LogP contribution in [0.3, 0.4) is 0 Å². The van der Waals surface area contributed by atoms with Gasteiger partial charge in [0.1, 0.15) is 11.9 Å². The molecule has 2 aliphatic rings. The van der Waals surface area contributed by atoms with E-state index in [2.05, 4.69) is 29.4 Å². The Bertz CT molecular complexity index is 1450. The van der Waals surface area contributed by atoms with Crippen LogP contribution >= 0.6 is 0 Å². The number of fused-ring (bicyclic) bond motifs is 1. The van der Waals surface area contributed by atoms with Crippen LogP contribution in [0.15, 0.2) is 59.2 Å². The maximum Gasteiger partial charge on any atom is 0.338 e. The molecule has 0 spiro atoms. The lowest BCUT2D eigenvalue weighted by molar-refractivity contribution is -0.146. The zero-order valence-corrected chi connectivity index (χ0v) is 21.2. The van der Waals surface area contributed by atoms with Gasteiger partial charge in [0.15, 0.2) is 0 Å². The Balaban J connectivity index is 1.69. The Morgan fingerprint density at radius 2 is 1.86 bits per heavy atom. The van der Waals surface area contributed by atoms with E-state index in [0.717, 1.165) is 44.3 Å². The Hall–Kier alpha value is -4.00. The van der Waals surface area contributed by atoms with E-state index in [9.17, 15) is 9.59 Å². The summed E-state index contributed by atoms with van der Waals surface area (Å²) in [4.78, 5) is 30.2. The molecule has 7 heteroatoms. The lowest BCUT2D eigenvalue weighted by atomic mass is 9.77. The number of benzene rings is 2. The van der Waals surface area contributed by atoms with Gasteiger partial charge < -0.3 is 25.5 Å². The second-order valence-electron chi connectivity index (χ2n) is 9.65. The summed E-state index contributed by atoms with van der Waals surface area (Å²) in [5.41, 5.74) is 14.8. The molecule has 4 N–H and O–H groups in total. The molecule has 186 valence electrons. The van der Waals surface area contributed by atoms with Crippen LogP contribution in [0.5, 0.6) is 0 Å². The molecule has 36 heavy (non-hydrogen) atoms. The van der Waals surface area contributed by atoms with Crippen molar-refractivity contribution < 1.29 is 19.1 Å². The number of carbonyl (C=O) groups excluding carboxylic acids is 2. The molecule has 2 atom stereocenters. The number of H-pyrrole nitrogens is 1. The van der Waals surface area contributed by atoms with Gasteiger partial charge >= 0.3 is 11.9 Å². The average molecular weight is 486 g/mol. The SMILES string of the molecule is CCOC(=O)C1=C(N)NC2=C(C(=O)OC(c3c(C)cc(C)cc3C)C2)C1c1cccc2[nH]cc(C)c12. The van der Waals surface area contributed by atoms with Gasteiger partial charge in [-0.3, -0.25) is 0 Å². The molecule has 0 fully saturated rings. The lowest BCUT2D eigenvalue weighted by Gasteiger charge is -2.37. The van der Waals surface area contributed by atoms with Crippen LogP contribution < -0.4 is 11.1 Å². The molecule has 0 bridgehead atoms. The fourth-order valence-electron chi connectivity index (χ4n) is 5.83. The van der Waals surface area contributed by atoms with Gasteiger partial charge in [-0.15, -0.1) is 0 Å². The third-order valence-corrected chi connectivity index (χ3v) is 7.14. The first-order valence-corrected chi connectivity index (χ1v) is 12.2. The van der Waals surface area contributed by atoms with Crippen molar-refractivity contribution in [1.29, 1.82) is 0 Å². The number of dihydropyridines is 1. The van der Waals surface area contributed by atoms with Crippen molar-refractivity contribution >= 4 is 22.8 Å². The van der Waals surface area contributed by atoms with E-state index in [1.54, 1.807) is 6.92 Å². The van der Waals surface area contributed by atoms with Crippen molar-refractivity contribution in [2.45, 2.75) is 53.1 Å². The van der Waals surface area contributed by atoms with Gasteiger partial charge in [-0.05, 0) is 68.5 Å². The van der Waals surface area contributed by atoms with Crippen LogP contribution in [0.1, 0.15) is 58.7 Å². The molecular weight excluding hydrogens is 454 g/mol. The molecule has 0 radical (unpaired) electrons. The number of esters is 2. The molecule has 2 aliphatic heterocycles. The summed E-state index contributed by atoms with van der Waals surface area (Å²) in [6, 6.07) is 10.0. The summed E-state index contributed by atoms with van der Waals surface area (Å²) in [5.74, 6) is -1.53. The van der Waals surface area contributed by atoms with E-state index in [1.807, 2.05) is 45.2 Å². The molecule has 1 aromatic heterocycles. The Morgan fingerprint density at radius 3 is 2.56 bits per heavy atom. The monoisotopic (exact) mass is 485 g/mol. The highest BCUT2D eigenvalue weighted by Crippen LogP contribution is 2.46. The average Bonchev–Trinajstić information content (AvgIpc) is 3.18. The minimum atomic E-state index is -0.716. The second kappa shape index (κ2) is 8.90. The molecule has 0 aliphatic carbocycles. The number of hydrogen-bond acceptors (Lipinski definition) is 6. The fourth-order valence-corrected chi connectivity index (χ4v) is 5.83. The topological polar surface area (TPSA) is 106 Å². The Kier molecular flexibility index (Phi) is 5.86. The number of ether oxygens (including phenoxy) is 2. The van der Waals surface area contributed by atoms with Crippen LogP contribution in [-0.4, -0.2) is 23.5 Å². The van der Waals surface area contributed by atoms with E-state index >= 15 is 0 Å². The number of aryl methyl sites for hydroxylation is 4. The van der Waals surface area contributed by atoms with E-state index < -0.39 is 24.0 Å². The third-order valence-electron chi connectivity index (χ3n) is 7.14. The Morgan fingerprint density at radius 1 is 1.14 bits per heavy atom. The van der Waals surface area contributed by atoms with Crippen molar-refractivity contribution in [1.82, 2.24) is 10.3 Å². The van der Waals surface area contributed by atoms with Crippen molar-refractivity contribution in [2.24, 2.45) is 5.73 Å². The van der Waals surface area contributed by atoms with Crippen molar-refractivity contribution in [3.63, 3.8) is 0 Å². The molecule has 2 unspecified atom stereocenters. The number of rotatable bonds is 4. The molecule has 3 heterocycles. The maximum absolute atomic E-state index is 13.7. The van der Waals surface area contributed by atoms with Gasteiger partial charge in [0.25, 0.3) is 0 Å². The normalized spacial score (nSPS) is 19.8. The summed E-state index contributed by atoms with van der Waals surface area (Å²) in [6.45, 7) is 10.1. The van der Waals surface area contributed by atoms with E-state index in [1.165, 1.54) is 0 Å². The number of cyclic esters (lactones) is 1. The molecule has 7 nitrogen and oxygen atoms in total. The van der Waals surface area contributed by atoms with Gasteiger partial charge in [0, 0.05) is 29.2 Å². The maximum atomic E-state index is 13.7. The fraction of sp³-hybridized carbons (Fsp3) is 0.310. The zero-order valence-electron chi connectivity index (χ0n) is 21.2. The molecule has 0 saturated heterocycles. The standard InChI is InChI=1S/C29H31N3O4/c1-6-35-28(33)26-24(18-8-7-9-19-23(18)17(5)13-31-19)25-20(32-27(26)30)12-21(36-29(25)34)22-15(3)10-14(2)11-16(22)4/h7-11,13,21,24,31-32H,6,12,30H2,1-5H3. The number of nitrogens with two attached hydrogens (primary N) is 1. The van der Waals surface area contributed by atoms with Gasteiger partial charge in [0.05, 0.1) is 23.7 Å². The predicted octanol–water partition coefficient (Wildman–Crippen LogP) is 4.76. The third kappa shape index (κ3) is 3.75. The van der Waals surface area contributed by atoms with Crippen molar-refractivity contribution in [3.8, 4) is 0 Å². The Labute approximate surface area is 210 Å². The van der Waals surface area contributed by atoms with Crippen LogP contribution in [0.2, 0.25) is 0 Å². The molecule has 3 aromatic rings. The molecule has 0 amide bonds. The van der Waals surface area contributed by atoms with Crippen molar-refractivity contribution in [2.75, 3.05) is 6.61 Å². The summed E-state index contributed by atoms with van der Waals surface area (Å²) in [7, 11) is 0. The second-order valence-corrected chi connectivity index (χ2v) is 9.65. The number of carbonyl (C=O) groups is 2. The number of hydrogen-bond donors (Lipinski definition) is 3. The van der Waals surface area contributed by atoms with E-state index in [-0.39, 0.29) is 18.0 Å². The van der Waals surface area contributed by atoms with Gasteiger partial charge in [0.2, 0.25) is 0 Å². The molecule has 5 rings (SSSR count). The van der Waals surface area contributed by atoms with Crippen LogP contribution in [-0.2, 0) is 19.1 Å². The first-order valence-electron chi connectivity index (χ1n) is 12.2. The van der Waals surface area contributed by atoms with E-state index in [0.29, 0.717) is 17.7 Å². The van der Waals surface area contributed by atoms with Crippen LogP contribution in [0, 0.1) is 27.7 Å². The minimum absolute atomic E-state index is 0.195. The summed E-state index contributed by atoms with van der Waals surface area (Å²) < 4.78 is 11.5. The van der Waals surface area contributed by atoms with Gasteiger partial charge in [-0.2, -0.15) is 0 Å². The largest absolute Gasteiger partial charge is 0.463 e. The molecular formula is C29H31N3O4. The minimum Gasteiger partial charge on any atom is -0.463 e. The van der Waals surface area contributed by atoms with E-state index in [4.69, 9.17) is 15.2 Å². The number of nitrogens with one attached hydrogen (secondary N) is 2. The first-order chi connectivity index (χ1) is 17.2. The zero-order chi connectivity index (χ0) is 25.7. The summed E-state index contributed by atoms with van der Waals surface area (Å²) >= 11 is 0. The van der Waals surface area contributed by atoms with Crippen LogP contribution in [0.4, 0.5) is 0 Å². The lowest BCUT2D eigenvalue weighted by Crippen LogP contribution is -2.40. The molecule has 0 saturated carbocycles. The first kappa shape index (κ1) is 23.7. The highest BCUT2D eigenvalue weighted by Gasteiger charge is 2.44. The number of aromatic nitrogens is 1. The summed E-state index contributed by atoms with van der Waals surface area (Å²) in [6.07, 6.45) is 1.90. The smallest absolute Gasteiger partial charge is 0.338 e. The molecule has 2 aromatic carbocycles. The summed E-state index contributed by atoms with van der Waals surface area (Å²) in [5, 5.41) is 4.12. The predicted molar refractivity (Wildman–Crippen MR) is 138 cm³/mol. The van der Waals surface area contributed by atoms with Gasteiger partial charge in [-0.25, -0.2) is 9.59 Å². The van der Waals surface area contributed by atoms with Crippen molar-refractivity contribution in [3.05, 3.63) is 92.6 Å². The number of aromatic amines is 1. The van der Waals surface area contributed by atoms with Crippen LogP contribution in [0.25, 0.3) is 10.9 Å². The highest BCUT2D eigenvalue weighted by atomic mass is 16.5.